The van der Waals surface area contributed by atoms with E-state index in [-0.39, 0.29) is 18.2 Å². The molecule has 2 aliphatic rings. The van der Waals surface area contributed by atoms with E-state index in [0.717, 1.165) is 24.9 Å². The van der Waals surface area contributed by atoms with Gasteiger partial charge in [0.25, 0.3) is 0 Å². The molecule has 0 bridgehead atoms. The first-order chi connectivity index (χ1) is 11.3. The minimum absolute atomic E-state index is 0.0648. The maximum atomic E-state index is 12.4. The Morgan fingerprint density at radius 1 is 1.25 bits per heavy atom. The summed E-state index contributed by atoms with van der Waals surface area (Å²) in [5.74, 6) is -1.44. The van der Waals surface area contributed by atoms with Gasteiger partial charge in [0.15, 0.2) is 0 Å². The molecule has 6 nitrogen and oxygen atoms in total. The van der Waals surface area contributed by atoms with Crippen molar-refractivity contribution in [1.82, 2.24) is 5.32 Å². The van der Waals surface area contributed by atoms with Crippen molar-refractivity contribution in [2.45, 2.75) is 45.1 Å². The second-order valence-electron chi connectivity index (χ2n) is 7.19. The van der Waals surface area contributed by atoms with Crippen molar-refractivity contribution in [3.05, 3.63) is 29.3 Å². The number of hydrogen-bond acceptors (Lipinski definition) is 3. The first-order valence-electron chi connectivity index (χ1n) is 8.32. The maximum Gasteiger partial charge on any atom is 0.242 e. The third-order valence-corrected chi connectivity index (χ3v) is 4.94. The van der Waals surface area contributed by atoms with E-state index in [2.05, 4.69) is 17.4 Å². The van der Waals surface area contributed by atoms with Crippen LogP contribution in [0.2, 0.25) is 0 Å². The lowest BCUT2D eigenvalue weighted by Gasteiger charge is -2.24. The SMILES string of the molecule is CC(C)(NC(=O)[C@H]1CC(=O)N(c2ccc3c(c2)CCC3)C1)C(N)=O. The maximum absolute atomic E-state index is 12.4. The first-order valence-corrected chi connectivity index (χ1v) is 8.32. The average molecular weight is 329 g/mol. The molecule has 1 heterocycles. The Bertz CT molecular complexity index is 711. The smallest absolute Gasteiger partial charge is 0.242 e. The molecule has 6 heteroatoms. The zero-order chi connectivity index (χ0) is 17.5. The standard InChI is InChI=1S/C18H23N3O3/c1-18(2,17(19)24)20-16(23)13-9-15(22)21(10-13)14-7-6-11-4-3-5-12(11)8-14/h6-8,13H,3-5,9-10H2,1-2H3,(H2,19,24)(H,20,23)/t13-/m0/s1. The van der Waals surface area contributed by atoms with E-state index in [4.69, 9.17) is 5.73 Å². The van der Waals surface area contributed by atoms with E-state index in [0.29, 0.717) is 6.54 Å². The molecule has 1 aliphatic heterocycles. The third kappa shape index (κ3) is 3.00. The molecule has 3 N–H and O–H groups in total. The van der Waals surface area contributed by atoms with Crippen molar-refractivity contribution in [2.75, 3.05) is 11.4 Å². The van der Waals surface area contributed by atoms with Crippen LogP contribution in [0.3, 0.4) is 0 Å². The van der Waals surface area contributed by atoms with Gasteiger partial charge in [0.05, 0.1) is 5.92 Å². The van der Waals surface area contributed by atoms with Crippen molar-refractivity contribution in [3.63, 3.8) is 0 Å². The van der Waals surface area contributed by atoms with Gasteiger partial charge in [-0.2, -0.15) is 0 Å². The molecule has 0 spiro atoms. The van der Waals surface area contributed by atoms with Crippen LogP contribution in [0.15, 0.2) is 18.2 Å². The van der Waals surface area contributed by atoms with Gasteiger partial charge in [0.2, 0.25) is 17.7 Å². The summed E-state index contributed by atoms with van der Waals surface area (Å²) in [5.41, 5.74) is 7.66. The number of fused-ring (bicyclic) bond motifs is 1. The van der Waals surface area contributed by atoms with Gasteiger partial charge in [0.1, 0.15) is 5.54 Å². The Balaban J connectivity index is 1.72. The van der Waals surface area contributed by atoms with Crippen LogP contribution in [0.5, 0.6) is 0 Å². The Kier molecular flexibility index (Phi) is 4.07. The zero-order valence-corrected chi connectivity index (χ0v) is 14.1. The highest BCUT2D eigenvalue weighted by Crippen LogP contribution is 2.30. The van der Waals surface area contributed by atoms with E-state index in [1.807, 2.05) is 6.07 Å². The fourth-order valence-electron chi connectivity index (χ4n) is 3.33. The lowest BCUT2D eigenvalue weighted by Crippen LogP contribution is -2.54. The quantitative estimate of drug-likeness (QED) is 0.860. The monoisotopic (exact) mass is 329 g/mol. The molecule has 1 aromatic carbocycles. The molecule has 0 saturated carbocycles. The summed E-state index contributed by atoms with van der Waals surface area (Å²) in [6.45, 7) is 3.45. The van der Waals surface area contributed by atoms with Crippen LogP contribution in [-0.4, -0.2) is 29.8 Å². The summed E-state index contributed by atoms with van der Waals surface area (Å²) in [6.07, 6.45) is 3.44. The minimum Gasteiger partial charge on any atom is -0.368 e. The Morgan fingerprint density at radius 3 is 2.67 bits per heavy atom. The van der Waals surface area contributed by atoms with Crippen molar-refractivity contribution in [3.8, 4) is 0 Å². The molecule has 128 valence electrons. The molecule has 0 radical (unpaired) electrons. The van der Waals surface area contributed by atoms with Gasteiger partial charge in [-0.15, -0.1) is 0 Å². The van der Waals surface area contributed by atoms with E-state index in [9.17, 15) is 14.4 Å². The van der Waals surface area contributed by atoms with E-state index < -0.39 is 17.4 Å². The average Bonchev–Trinajstić information content (AvgIpc) is 3.11. The number of amides is 3. The number of anilines is 1. The normalized spacial score (nSPS) is 20.2. The summed E-state index contributed by atoms with van der Waals surface area (Å²) in [4.78, 5) is 37.7. The van der Waals surface area contributed by atoms with Gasteiger partial charge in [-0.25, -0.2) is 0 Å². The van der Waals surface area contributed by atoms with Gasteiger partial charge in [-0.3, -0.25) is 14.4 Å². The van der Waals surface area contributed by atoms with Crippen molar-refractivity contribution in [1.29, 1.82) is 0 Å². The molecule has 0 unspecified atom stereocenters. The van der Waals surface area contributed by atoms with Crippen LogP contribution >= 0.6 is 0 Å². The molecule has 1 aliphatic carbocycles. The second kappa shape index (κ2) is 5.92. The van der Waals surface area contributed by atoms with Gasteiger partial charge >= 0.3 is 0 Å². The summed E-state index contributed by atoms with van der Waals surface area (Å²) in [6, 6.07) is 6.10. The lowest BCUT2D eigenvalue weighted by atomic mass is 10.0. The number of carbonyl (C=O) groups is 3. The van der Waals surface area contributed by atoms with Gasteiger partial charge < -0.3 is 16.0 Å². The number of primary amides is 1. The molecule has 3 rings (SSSR count). The molecule has 24 heavy (non-hydrogen) atoms. The first kappa shape index (κ1) is 16.5. The molecule has 1 fully saturated rings. The highest BCUT2D eigenvalue weighted by atomic mass is 16.2. The zero-order valence-electron chi connectivity index (χ0n) is 14.1. The van der Waals surface area contributed by atoms with Crippen molar-refractivity contribution in [2.24, 2.45) is 11.7 Å². The number of rotatable bonds is 4. The summed E-state index contributed by atoms with van der Waals surface area (Å²) in [7, 11) is 0. The Labute approximate surface area is 141 Å². The summed E-state index contributed by atoms with van der Waals surface area (Å²) >= 11 is 0. The fraction of sp³-hybridized carbons (Fsp3) is 0.500. The van der Waals surface area contributed by atoms with Crippen LogP contribution < -0.4 is 16.0 Å². The van der Waals surface area contributed by atoms with Crippen molar-refractivity contribution < 1.29 is 14.4 Å². The van der Waals surface area contributed by atoms with Crippen LogP contribution in [0.25, 0.3) is 0 Å². The fourth-order valence-corrected chi connectivity index (χ4v) is 3.33. The Hall–Kier alpha value is -2.37. The molecule has 1 atom stereocenters. The van der Waals surface area contributed by atoms with E-state index in [1.54, 1.807) is 18.7 Å². The third-order valence-electron chi connectivity index (χ3n) is 4.94. The second-order valence-corrected chi connectivity index (χ2v) is 7.19. The molecule has 3 amide bonds. The van der Waals surface area contributed by atoms with E-state index >= 15 is 0 Å². The highest BCUT2D eigenvalue weighted by molar-refractivity contribution is 6.01. The summed E-state index contributed by atoms with van der Waals surface area (Å²) in [5, 5.41) is 2.64. The van der Waals surface area contributed by atoms with Gasteiger partial charge in [-0.1, -0.05) is 6.07 Å². The van der Waals surface area contributed by atoms with Crippen LogP contribution in [0, 0.1) is 5.92 Å². The molecule has 1 saturated heterocycles. The number of nitrogens with zero attached hydrogens (tertiary/aromatic N) is 1. The topological polar surface area (TPSA) is 92.5 Å². The van der Waals surface area contributed by atoms with Gasteiger partial charge in [0, 0.05) is 18.7 Å². The molecular formula is C18H23N3O3. The predicted octanol–water partition coefficient (Wildman–Crippen LogP) is 0.908. The number of hydrogen-bond donors (Lipinski definition) is 2. The van der Waals surface area contributed by atoms with E-state index in [1.165, 1.54) is 11.1 Å². The molecule has 0 aromatic heterocycles. The van der Waals surface area contributed by atoms with Crippen LogP contribution in [-0.2, 0) is 27.2 Å². The summed E-state index contributed by atoms with van der Waals surface area (Å²) < 4.78 is 0. The number of carbonyl (C=O) groups excluding carboxylic acids is 3. The highest BCUT2D eigenvalue weighted by Gasteiger charge is 2.38. The predicted molar refractivity (Wildman–Crippen MR) is 90.3 cm³/mol. The Morgan fingerprint density at radius 2 is 1.96 bits per heavy atom. The van der Waals surface area contributed by atoms with Crippen LogP contribution in [0.4, 0.5) is 5.69 Å². The number of aryl methyl sites for hydroxylation is 2. The van der Waals surface area contributed by atoms with Gasteiger partial charge in [-0.05, 0) is 56.4 Å². The number of nitrogens with two attached hydrogens (primary N) is 1. The van der Waals surface area contributed by atoms with Crippen LogP contribution in [0.1, 0.15) is 37.8 Å². The number of nitrogens with one attached hydrogen (secondary N) is 1. The minimum atomic E-state index is -1.12. The molecule has 1 aromatic rings. The number of benzene rings is 1. The lowest BCUT2D eigenvalue weighted by molar-refractivity contribution is -0.132. The molecular weight excluding hydrogens is 306 g/mol. The van der Waals surface area contributed by atoms with Crippen molar-refractivity contribution >= 4 is 23.4 Å². The largest absolute Gasteiger partial charge is 0.368 e.